The summed E-state index contributed by atoms with van der Waals surface area (Å²) in [7, 11) is 0. The van der Waals surface area contributed by atoms with Crippen LogP contribution in [0, 0.1) is 5.92 Å². The highest BCUT2D eigenvalue weighted by molar-refractivity contribution is 9.10. The molecule has 2 rings (SSSR count). The van der Waals surface area contributed by atoms with Crippen LogP contribution in [0.2, 0.25) is 0 Å². The van der Waals surface area contributed by atoms with Gasteiger partial charge in [-0.3, -0.25) is 0 Å². The van der Waals surface area contributed by atoms with Gasteiger partial charge < -0.3 is 5.11 Å². The average molecular weight is 255 g/mol. The Kier molecular flexibility index (Phi) is 2.67. The lowest BCUT2D eigenvalue weighted by atomic mass is 9.91. The lowest BCUT2D eigenvalue weighted by Gasteiger charge is -2.24. The largest absolute Gasteiger partial charge is 0.385 e. The summed E-state index contributed by atoms with van der Waals surface area (Å²) >= 11 is 3.50. The van der Waals surface area contributed by atoms with Crippen LogP contribution in [-0.2, 0) is 5.60 Å². The zero-order valence-corrected chi connectivity index (χ0v) is 9.92. The lowest BCUT2D eigenvalue weighted by molar-refractivity contribution is 0.0400. The van der Waals surface area contributed by atoms with Crippen LogP contribution >= 0.6 is 15.9 Å². The van der Waals surface area contributed by atoms with E-state index in [4.69, 9.17) is 0 Å². The van der Waals surface area contributed by atoms with E-state index in [-0.39, 0.29) is 0 Å². The molecule has 1 aromatic rings. The van der Waals surface area contributed by atoms with E-state index in [9.17, 15) is 5.11 Å². The second-order valence-corrected chi connectivity index (χ2v) is 5.21. The summed E-state index contributed by atoms with van der Waals surface area (Å²) in [6, 6.07) is 7.98. The van der Waals surface area contributed by atoms with Crippen molar-refractivity contribution in [3.05, 3.63) is 34.3 Å². The number of hydrogen-bond donors (Lipinski definition) is 1. The molecular formula is C12H15BrO. The summed E-state index contributed by atoms with van der Waals surface area (Å²) in [6.07, 6.45) is 2.89. The Bertz CT molecular complexity index is 337. The third-order valence-corrected chi connectivity index (χ3v) is 3.80. The fraction of sp³-hybridized carbons (Fsp3) is 0.500. The van der Waals surface area contributed by atoms with Gasteiger partial charge in [-0.25, -0.2) is 0 Å². The van der Waals surface area contributed by atoms with E-state index in [1.807, 2.05) is 24.3 Å². The molecule has 0 spiro atoms. The van der Waals surface area contributed by atoms with Crippen LogP contribution in [-0.4, -0.2) is 5.11 Å². The Morgan fingerprint density at radius 1 is 1.43 bits per heavy atom. The third-order valence-electron chi connectivity index (χ3n) is 3.11. The van der Waals surface area contributed by atoms with Crippen LogP contribution in [0.4, 0.5) is 0 Å². The van der Waals surface area contributed by atoms with Crippen molar-refractivity contribution < 1.29 is 5.11 Å². The van der Waals surface area contributed by atoms with Crippen molar-refractivity contribution in [2.75, 3.05) is 0 Å². The zero-order chi connectivity index (χ0) is 10.2. The van der Waals surface area contributed by atoms with E-state index in [2.05, 4.69) is 22.9 Å². The van der Waals surface area contributed by atoms with Crippen molar-refractivity contribution in [1.29, 1.82) is 0 Å². The van der Waals surface area contributed by atoms with Crippen molar-refractivity contribution in [3.8, 4) is 0 Å². The van der Waals surface area contributed by atoms with Crippen molar-refractivity contribution in [2.45, 2.75) is 31.8 Å². The topological polar surface area (TPSA) is 20.2 Å². The van der Waals surface area contributed by atoms with Crippen LogP contribution < -0.4 is 0 Å². The van der Waals surface area contributed by atoms with Gasteiger partial charge in [-0.15, -0.1) is 0 Å². The molecule has 0 heterocycles. The van der Waals surface area contributed by atoms with E-state index in [0.29, 0.717) is 5.92 Å². The number of rotatable bonds is 1. The summed E-state index contributed by atoms with van der Waals surface area (Å²) in [5.74, 6) is 0.632. The molecule has 0 bridgehead atoms. The lowest BCUT2D eigenvalue weighted by Crippen LogP contribution is -2.22. The number of benzene rings is 1. The quantitative estimate of drug-likeness (QED) is 0.814. The molecule has 1 nitrogen and oxygen atoms in total. The Morgan fingerprint density at radius 2 is 2.14 bits per heavy atom. The molecule has 14 heavy (non-hydrogen) atoms. The molecule has 1 aliphatic rings. The number of aliphatic hydroxyl groups is 1. The van der Waals surface area contributed by atoms with Crippen LogP contribution in [0.25, 0.3) is 0 Å². The van der Waals surface area contributed by atoms with Gasteiger partial charge in [0.2, 0.25) is 0 Å². The molecule has 0 saturated heterocycles. The number of halogens is 1. The molecule has 0 amide bonds. The highest BCUT2D eigenvalue weighted by atomic mass is 79.9. The highest BCUT2D eigenvalue weighted by Gasteiger charge is 2.37. The van der Waals surface area contributed by atoms with Gasteiger partial charge in [-0.05, 0) is 36.8 Å². The molecule has 0 aliphatic heterocycles. The summed E-state index contributed by atoms with van der Waals surface area (Å²) < 4.78 is 1.02. The summed E-state index contributed by atoms with van der Waals surface area (Å²) in [5.41, 5.74) is 0.448. The number of hydrogen-bond acceptors (Lipinski definition) is 1. The SMILES string of the molecule is C[C@H]1CC[C@](O)(c2ccccc2Br)C1. The minimum Gasteiger partial charge on any atom is -0.385 e. The predicted octanol–water partition coefficient (Wildman–Crippen LogP) is 3.46. The van der Waals surface area contributed by atoms with Crippen LogP contribution in [0.1, 0.15) is 31.7 Å². The van der Waals surface area contributed by atoms with Crippen molar-refractivity contribution in [1.82, 2.24) is 0 Å². The highest BCUT2D eigenvalue weighted by Crippen LogP contribution is 2.43. The van der Waals surface area contributed by atoms with Gasteiger partial charge in [0, 0.05) is 4.47 Å². The maximum absolute atomic E-state index is 10.5. The molecule has 0 aromatic heterocycles. The van der Waals surface area contributed by atoms with E-state index in [1.165, 1.54) is 0 Å². The Hall–Kier alpha value is -0.340. The maximum Gasteiger partial charge on any atom is 0.0910 e. The van der Waals surface area contributed by atoms with E-state index >= 15 is 0 Å². The van der Waals surface area contributed by atoms with Gasteiger partial charge in [-0.1, -0.05) is 41.1 Å². The molecule has 1 aromatic carbocycles. The summed E-state index contributed by atoms with van der Waals surface area (Å²) in [5, 5.41) is 10.5. The minimum atomic E-state index is -0.598. The minimum absolute atomic E-state index is 0.598. The molecule has 2 heteroatoms. The molecule has 76 valence electrons. The fourth-order valence-corrected chi connectivity index (χ4v) is 3.00. The van der Waals surface area contributed by atoms with E-state index < -0.39 is 5.60 Å². The van der Waals surface area contributed by atoms with Crippen molar-refractivity contribution >= 4 is 15.9 Å². The first-order valence-electron chi connectivity index (χ1n) is 5.09. The van der Waals surface area contributed by atoms with Gasteiger partial charge in [-0.2, -0.15) is 0 Å². The van der Waals surface area contributed by atoms with Crippen molar-refractivity contribution in [2.24, 2.45) is 5.92 Å². The average Bonchev–Trinajstić information content (AvgIpc) is 2.48. The first kappa shape index (κ1) is 10.2. The molecule has 1 N–H and O–H groups in total. The van der Waals surface area contributed by atoms with Crippen molar-refractivity contribution in [3.63, 3.8) is 0 Å². The first-order valence-corrected chi connectivity index (χ1v) is 5.88. The predicted molar refractivity (Wildman–Crippen MR) is 61.1 cm³/mol. The third kappa shape index (κ3) is 1.73. The van der Waals surface area contributed by atoms with Gasteiger partial charge >= 0.3 is 0 Å². The molecular weight excluding hydrogens is 240 g/mol. The monoisotopic (exact) mass is 254 g/mol. The van der Waals surface area contributed by atoms with Crippen LogP contribution in [0.3, 0.4) is 0 Å². The van der Waals surface area contributed by atoms with Gasteiger partial charge in [0.15, 0.2) is 0 Å². The molecule has 1 saturated carbocycles. The second-order valence-electron chi connectivity index (χ2n) is 4.36. The molecule has 1 aliphatic carbocycles. The van der Waals surface area contributed by atoms with E-state index in [0.717, 1.165) is 29.3 Å². The fourth-order valence-electron chi connectivity index (χ4n) is 2.35. The Morgan fingerprint density at radius 3 is 2.71 bits per heavy atom. The molecule has 2 atom stereocenters. The smallest absolute Gasteiger partial charge is 0.0910 e. The molecule has 1 fully saturated rings. The normalized spacial score (nSPS) is 32.1. The molecule has 0 unspecified atom stereocenters. The van der Waals surface area contributed by atoms with Gasteiger partial charge in [0.1, 0.15) is 0 Å². The van der Waals surface area contributed by atoms with Crippen LogP contribution in [0.15, 0.2) is 28.7 Å². The zero-order valence-electron chi connectivity index (χ0n) is 8.33. The Labute approximate surface area is 93.3 Å². The standard InChI is InChI=1S/C12H15BrO/c1-9-6-7-12(14,8-9)10-4-2-3-5-11(10)13/h2-5,9,14H,6-8H2,1H3/t9-,12+/m0/s1. The second kappa shape index (κ2) is 3.67. The summed E-state index contributed by atoms with van der Waals surface area (Å²) in [4.78, 5) is 0. The maximum atomic E-state index is 10.5. The first-order chi connectivity index (χ1) is 6.62. The van der Waals surface area contributed by atoms with Gasteiger partial charge in [0.25, 0.3) is 0 Å². The van der Waals surface area contributed by atoms with Crippen LogP contribution in [0.5, 0.6) is 0 Å². The van der Waals surface area contributed by atoms with Gasteiger partial charge in [0.05, 0.1) is 5.60 Å². The van der Waals surface area contributed by atoms with E-state index in [1.54, 1.807) is 0 Å². The Balaban J connectivity index is 2.35. The molecule has 0 radical (unpaired) electrons. The summed E-state index contributed by atoms with van der Waals surface area (Å²) in [6.45, 7) is 2.20.